The number of hydrogen-bond donors (Lipinski definition) is 1. The predicted octanol–water partition coefficient (Wildman–Crippen LogP) is 1.39. The molecule has 0 spiro atoms. The Bertz CT molecular complexity index is 864. The van der Waals surface area contributed by atoms with Gasteiger partial charge in [-0.25, -0.2) is 0 Å². The number of amides is 1. The minimum atomic E-state index is -0.128. The molecule has 1 N–H and O–H groups in total. The van der Waals surface area contributed by atoms with Gasteiger partial charge in [0.2, 0.25) is 0 Å². The number of fused-ring (bicyclic) bond motifs is 1. The number of quaternary nitrogens is 1. The molecule has 2 aliphatic heterocycles. The average molecular weight is 411 g/mol. The maximum atomic E-state index is 13.0. The topological polar surface area (TPSA) is 46.5 Å². The third-order valence-corrected chi connectivity index (χ3v) is 6.05. The Kier molecular flexibility index (Phi) is 6.43. The van der Waals surface area contributed by atoms with Crippen LogP contribution in [0.2, 0.25) is 0 Å². The zero-order chi connectivity index (χ0) is 20.9. The van der Waals surface area contributed by atoms with Crippen molar-refractivity contribution in [3.05, 3.63) is 54.1 Å². The molecular weight excluding hydrogens is 378 g/mol. The van der Waals surface area contributed by atoms with Gasteiger partial charge in [-0.2, -0.15) is 0 Å². The molecule has 0 unspecified atom stereocenters. The number of carbonyl (C=O) groups is 1. The minimum absolute atomic E-state index is 0.128. The third-order valence-electron chi connectivity index (χ3n) is 6.05. The average Bonchev–Trinajstić information content (AvgIpc) is 2.78. The van der Waals surface area contributed by atoms with Crippen molar-refractivity contribution in [2.75, 3.05) is 57.3 Å². The molecule has 1 amide bonds. The van der Waals surface area contributed by atoms with Crippen molar-refractivity contribution >= 4 is 11.6 Å². The molecule has 4 rings (SSSR count). The van der Waals surface area contributed by atoms with E-state index < -0.39 is 0 Å². The van der Waals surface area contributed by atoms with Crippen LogP contribution in [0, 0.1) is 6.92 Å². The smallest absolute Gasteiger partial charge is 0.277 e. The Labute approximate surface area is 179 Å². The first-order valence-electron chi connectivity index (χ1n) is 10.9. The summed E-state index contributed by atoms with van der Waals surface area (Å²) in [5.74, 6) is 1.73. The van der Waals surface area contributed by atoms with Crippen LogP contribution in [0.15, 0.2) is 48.5 Å². The van der Waals surface area contributed by atoms with Crippen LogP contribution in [0.5, 0.6) is 11.5 Å². The normalized spacial score (nSPS) is 18.9. The molecule has 6 heteroatoms. The van der Waals surface area contributed by atoms with Crippen LogP contribution in [0.4, 0.5) is 5.69 Å². The Morgan fingerprint density at radius 2 is 1.80 bits per heavy atom. The van der Waals surface area contributed by atoms with Gasteiger partial charge in [0, 0.05) is 12.2 Å². The summed E-state index contributed by atoms with van der Waals surface area (Å²) in [6, 6.07) is 16.2. The van der Waals surface area contributed by atoms with E-state index >= 15 is 0 Å². The number of aryl methyl sites for hydroxylation is 1. The van der Waals surface area contributed by atoms with Gasteiger partial charge in [0.25, 0.3) is 5.91 Å². The molecular formula is C24H32N3O3+. The van der Waals surface area contributed by atoms with Crippen molar-refractivity contribution < 1.29 is 19.2 Å². The van der Waals surface area contributed by atoms with Gasteiger partial charge < -0.3 is 24.2 Å². The highest BCUT2D eigenvalue weighted by molar-refractivity contribution is 5.77. The second-order valence-electron chi connectivity index (χ2n) is 8.13. The highest BCUT2D eigenvalue weighted by atomic mass is 16.6. The lowest BCUT2D eigenvalue weighted by Gasteiger charge is -2.35. The summed E-state index contributed by atoms with van der Waals surface area (Å²) in [4.78, 5) is 18.7. The number of piperazine rings is 1. The summed E-state index contributed by atoms with van der Waals surface area (Å²) < 4.78 is 11.8. The number of likely N-dealkylation sites (N-methyl/N-ethyl adjacent to an activating group) is 1. The van der Waals surface area contributed by atoms with Crippen molar-refractivity contribution in [2.45, 2.75) is 20.0 Å². The van der Waals surface area contributed by atoms with Gasteiger partial charge >= 0.3 is 0 Å². The van der Waals surface area contributed by atoms with Crippen LogP contribution in [-0.4, -0.2) is 69.3 Å². The molecule has 1 fully saturated rings. The van der Waals surface area contributed by atoms with Crippen LogP contribution in [0.25, 0.3) is 0 Å². The van der Waals surface area contributed by atoms with Crippen molar-refractivity contribution in [1.29, 1.82) is 0 Å². The fourth-order valence-corrected chi connectivity index (χ4v) is 4.29. The number of carbonyl (C=O) groups excluding carboxylic acids is 1. The van der Waals surface area contributed by atoms with E-state index in [0.717, 1.165) is 37.7 Å². The van der Waals surface area contributed by atoms with E-state index in [2.05, 4.69) is 36.1 Å². The summed E-state index contributed by atoms with van der Waals surface area (Å²) in [7, 11) is 0. The summed E-state index contributed by atoms with van der Waals surface area (Å²) in [6.07, 6.45) is -0.128. The lowest BCUT2D eigenvalue weighted by Crippen LogP contribution is -3.16. The maximum absolute atomic E-state index is 13.0. The Morgan fingerprint density at radius 3 is 2.53 bits per heavy atom. The van der Waals surface area contributed by atoms with Crippen molar-refractivity contribution in [1.82, 2.24) is 4.90 Å². The van der Waals surface area contributed by atoms with Gasteiger partial charge in [0.05, 0.1) is 32.7 Å². The van der Waals surface area contributed by atoms with Gasteiger partial charge in [-0.1, -0.05) is 30.3 Å². The predicted molar refractivity (Wildman–Crippen MR) is 118 cm³/mol. The molecule has 0 aliphatic carbocycles. The first kappa shape index (κ1) is 20.5. The van der Waals surface area contributed by atoms with Gasteiger partial charge in [0.15, 0.2) is 24.1 Å². The third kappa shape index (κ3) is 4.70. The summed E-state index contributed by atoms with van der Waals surface area (Å²) in [6.45, 7) is 10.4. The van der Waals surface area contributed by atoms with Crippen LogP contribution in [-0.2, 0) is 4.79 Å². The number of anilines is 1. The number of rotatable bonds is 6. The number of nitrogens with zero attached hydrogens (tertiary/aromatic N) is 2. The largest absolute Gasteiger partial charge is 0.486 e. The van der Waals surface area contributed by atoms with E-state index in [0.29, 0.717) is 26.2 Å². The monoisotopic (exact) mass is 410 g/mol. The van der Waals surface area contributed by atoms with E-state index in [4.69, 9.17) is 9.47 Å². The molecule has 160 valence electrons. The molecule has 1 atom stereocenters. The van der Waals surface area contributed by atoms with E-state index in [9.17, 15) is 4.79 Å². The first-order chi connectivity index (χ1) is 14.6. The molecule has 0 aromatic heterocycles. The molecule has 1 saturated heterocycles. The number of hydrogen-bond acceptors (Lipinski definition) is 4. The van der Waals surface area contributed by atoms with Crippen molar-refractivity contribution in [3.8, 4) is 11.5 Å². The van der Waals surface area contributed by atoms with E-state index in [-0.39, 0.29) is 12.0 Å². The zero-order valence-corrected chi connectivity index (χ0v) is 18.0. The summed E-state index contributed by atoms with van der Waals surface area (Å²) in [5.41, 5.74) is 2.62. The van der Waals surface area contributed by atoms with E-state index in [1.54, 1.807) is 0 Å². The Morgan fingerprint density at radius 1 is 1.10 bits per heavy atom. The Hall–Kier alpha value is -2.73. The molecule has 2 heterocycles. The van der Waals surface area contributed by atoms with Crippen LogP contribution in [0.3, 0.4) is 0 Å². The van der Waals surface area contributed by atoms with Gasteiger partial charge in [0.1, 0.15) is 6.61 Å². The van der Waals surface area contributed by atoms with Gasteiger partial charge in [-0.15, -0.1) is 0 Å². The van der Waals surface area contributed by atoms with Crippen molar-refractivity contribution in [3.63, 3.8) is 0 Å². The minimum Gasteiger partial charge on any atom is -0.486 e. The highest BCUT2D eigenvalue weighted by Gasteiger charge is 2.28. The summed E-state index contributed by atoms with van der Waals surface area (Å²) in [5, 5.41) is 0. The van der Waals surface area contributed by atoms with Crippen molar-refractivity contribution in [2.24, 2.45) is 0 Å². The standard InChI is InChI=1S/C24H31N3O3/c1-3-26(16-20-18-29-22-10-6-7-11-23(22)30-20)24(28)17-25-12-14-27(15-13-25)21-9-5-4-8-19(21)2/h4-11,20H,3,12-18H2,1-2H3/p+1/t20-/m1/s1. The van der Waals surface area contributed by atoms with Crippen LogP contribution in [0.1, 0.15) is 12.5 Å². The second-order valence-corrected chi connectivity index (χ2v) is 8.13. The van der Waals surface area contributed by atoms with E-state index in [1.807, 2.05) is 36.1 Å². The molecule has 0 saturated carbocycles. The van der Waals surface area contributed by atoms with Crippen LogP contribution >= 0.6 is 0 Å². The fourth-order valence-electron chi connectivity index (χ4n) is 4.29. The van der Waals surface area contributed by atoms with Gasteiger partial charge in [-0.05, 0) is 37.6 Å². The maximum Gasteiger partial charge on any atom is 0.277 e. The molecule has 30 heavy (non-hydrogen) atoms. The fraction of sp³-hybridized carbons (Fsp3) is 0.458. The molecule has 6 nitrogen and oxygen atoms in total. The lowest BCUT2D eigenvalue weighted by atomic mass is 10.1. The quantitative estimate of drug-likeness (QED) is 0.782. The number of para-hydroxylation sites is 3. The molecule has 0 bridgehead atoms. The number of ether oxygens (including phenoxy) is 2. The SMILES string of the molecule is CCN(C[C@@H]1COc2ccccc2O1)C(=O)C[NH+]1CCN(c2ccccc2C)CC1. The molecule has 0 radical (unpaired) electrons. The molecule has 2 aromatic carbocycles. The van der Waals surface area contributed by atoms with Gasteiger partial charge in [-0.3, -0.25) is 4.79 Å². The summed E-state index contributed by atoms with van der Waals surface area (Å²) >= 11 is 0. The number of nitrogens with one attached hydrogen (secondary N) is 1. The Balaban J connectivity index is 1.27. The zero-order valence-electron chi connectivity index (χ0n) is 18.0. The van der Waals surface area contributed by atoms with Crippen LogP contribution < -0.4 is 19.3 Å². The molecule has 2 aliphatic rings. The lowest BCUT2D eigenvalue weighted by molar-refractivity contribution is -0.892. The second kappa shape index (κ2) is 9.39. The van der Waals surface area contributed by atoms with E-state index in [1.165, 1.54) is 16.2 Å². The highest BCUT2D eigenvalue weighted by Crippen LogP contribution is 2.31. The number of benzene rings is 2. The molecule has 2 aromatic rings. The first-order valence-corrected chi connectivity index (χ1v) is 10.9.